The Hall–Kier alpha value is -5.83. The van der Waals surface area contributed by atoms with E-state index in [0.717, 1.165) is 61.5 Å². The van der Waals surface area contributed by atoms with Crippen molar-refractivity contribution in [2.45, 2.75) is 90.1 Å². The van der Waals surface area contributed by atoms with Crippen LogP contribution < -0.4 is 22.5 Å². The van der Waals surface area contributed by atoms with Crippen LogP contribution in [0.4, 0.5) is 25.0 Å². The first-order valence-corrected chi connectivity index (χ1v) is 21.7. The highest BCUT2D eigenvalue weighted by atomic mass is 35.5. The van der Waals surface area contributed by atoms with E-state index in [0.29, 0.717) is 56.3 Å². The molecule has 2 atom stereocenters. The lowest BCUT2D eigenvalue weighted by Gasteiger charge is -2.23. The van der Waals surface area contributed by atoms with Crippen molar-refractivity contribution in [3.8, 4) is 22.8 Å². The molecule has 0 amide bonds. The van der Waals surface area contributed by atoms with Gasteiger partial charge < -0.3 is 22.5 Å². The second-order valence-corrected chi connectivity index (χ2v) is 18.0. The summed E-state index contributed by atoms with van der Waals surface area (Å²) in [7, 11) is 0. The van der Waals surface area contributed by atoms with Gasteiger partial charge in [0.25, 0.3) is 0 Å². The van der Waals surface area contributed by atoms with E-state index >= 15 is 0 Å². The molecule has 2 aliphatic rings. The average Bonchev–Trinajstić information content (AvgIpc) is 4.02. The van der Waals surface area contributed by atoms with Crippen LogP contribution in [-0.4, -0.2) is 71.2 Å². The van der Waals surface area contributed by atoms with Crippen molar-refractivity contribution in [3.05, 3.63) is 98.5 Å². The van der Waals surface area contributed by atoms with Crippen LogP contribution in [0.2, 0.25) is 5.28 Å². The Bertz CT molecular complexity index is 2830. The van der Waals surface area contributed by atoms with Crippen LogP contribution in [0, 0.1) is 11.6 Å². The number of anilines is 3. The van der Waals surface area contributed by atoms with E-state index < -0.39 is 11.6 Å². The smallest absolute Gasteiger partial charge is 0.228 e. The molecule has 0 aliphatic heterocycles. The molecule has 21 heteroatoms. The number of aromatic nitrogens is 12. The van der Waals surface area contributed by atoms with Crippen LogP contribution in [0.15, 0.2) is 49.3 Å². The Morgan fingerprint density at radius 3 is 1.79 bits per heavy atom. The van der Waals surface area contributed by atoms with Crippen LogP contribution in [0.25, 0.3) is 34.1 Å². The number of nitrogens with one attached hydrogen (secondary N) is 1. The molecule has 2 aliphatic carbocycles. The van der Waals surface area contributed by atoms with Crippen molar-refractivity contribution >= 4 is 61.8 Å². The minimum atomic E-state index is -0.445. The number of hydrogen-bond donors (Lipinski definition) is 4. The molecule has 0 fully saturated rings. The van der Waals surface area contributed by atoms with E-state index in [1.165, 1.54) is 55.8 Å². The highest BCUT2D eigenvalue weighted by Gasteiger charge is 2.25. The molecular weight excluding hydrogens is 842 g/mol. The number of rotatable bonds is 6. The molecule has 0 radical (unpaired) electrons. The Balaban J connectivity index is 0.000000142. The largest absolute Gasteiger partial charge is 0.375 e. The number of nitrogens with zero attached hydrogens (tertiary/aromatic N) is 12. The van der Waals surface area contributed by atoms with Gasteiger partial charge in [-0.05, 0) is 67.7 Å². The molecule has 10 rings (SSSR count). The summed E-state index contributed by atoms with van der Waals surface area (Å²) in [4.78, 5) is 36.8. The van der Waals surface area contributed by atoms with Gasteiger partial charge in [0.05, 0.1) is 36.2 Å². The van der Waals surface area contributed by atoms with Gasteiger partial charge in [-0.2, -0.15) is 29.2 Å². The van der Waals surface area contributed by atoms with E-state index in [4.69, 9.17) is 28.8 Å². The van der Waals surface area contributed by atoms with Gasteiger partial charge in [0.15, 0.2) is 33.2 Å². The fraction of sp³-hybridized carbons (Fsp3) is 0.350. The Kier molecular flexibility index (Phi) is 12.1. The van der Waals surface area contributed by atoms with Crippen LogP contribution >= 0.6 is 34.3 Å². The minimum absolute atomic E-state index is 0.167. The second-order valence-electron chi connectivity index (χ2n) is 15.4. The first-order valence-electron chi connectivity index (χ1n) is 19.7. The van der Waals surface area contributed by atoms with E-state index in [1.54, 1.807) is 28.2 Å². The zero-order valence-corrected chi connectivity index (χ0v) is 36.1. The molecular formula is C40H43ClF2N16S2. The summed E-state index contributed by atoms with van der Waals surface area (Å²) in [6, 6.07) is 3.20. The molecule has 8 aromatic rings. The number of pyridine rings is 2. The van der Waals surface area contributed by atoms with Crippen LogP contribution in [0.1, 0.15) is 84.6 Å². The van der Waals surface area contributed by atoms with Gasteiger partial charge in [0, 0.05) is 62.9 Å². The maximum absolute atomic E-state index is 13.8. The molecule has 8 aromatic heterocycles. The summed E-state index contributed by atoms with van der Waals surface area (Å²) in [5, 5.41) is 13.7. The standard InChI is InChI=1S/C20H21FN8S.C13H11ClFN5.C7H11N3S/c1-10(2)14-9-24-29-18(14)27-17(11-5-12(21)8-23-7-11)28-20(29)25-13-3-4-15-16(6-13)30-19(22)26-15;1-7(2)10-6-17-20-12(10)18-11(19-13(20)14)8-3-9(15)5-16-4-8;8-4-1-2-5-6(3-4)11-7(9)10-5/h5,7-10,13H,3-4,6H2,1-2H3,(H2,22,26)(H,25,27,28);3-7H,1-2H3;4H,1-3,8H2,(H2,9,10)/t13-;;4-/m0.0/s1. The molecule has 0 bridgehead atoms. The number of nitrogen functional groups attached to an aromatic ring is 2. The zero-order valence-electron chi connectivity index (χ0n) is 33.7. The molecule has 0 saturated carbocycles. The maximum atomic E-state index is 13.8. The normalized spacial score (nSPS) is 15.9. The predicted octanol–water partition coefficient (Wildman–Crippen LogP) is 7.10. The lowest BCUT2D eigenvalue weighted by Crippen LogP contribution is -2.28. The van der Waals surface area contributed by atoms with Gasteiger partial charge in [-0.1, -0.05) is 27.7 Å². The van der Waals surface area contributed by atoms with Crippen molar-refractivity contribution in [1.82, 2.24) is 59.1 Å². The van der Waals surface area contributed by atoms with Crippen molar-refractivity contribution in [3.63, 3.8) is 0 Å². The number of halogens is 3. The maximum Gasteiger partial charge on any atom is 0.228 e. The molecule has 0 aromatic carbocycles. The van der Waals surface area contributed by atoms with E-state index in [-0.39, 0.29) is 23.2 Å². The Morgan fingerprint density at radius 2 is 1.21 bits per heavy atom. The highest BCUT2D eigenvalue weighted by Crippen LogP contribution is 2.31. The van der Waals surface area contributed by atoms with Crippen LogP contribution in [-0.2, 0) is 25.7 Å². The van der Waals surface area contributed by atoms with E-state index in [1.807, 2.05) is 20.0 Å². The Labute approximate surface area is 362 Å². The molecule has 0 unspecified atom stereocenters. The van der Waals surface area contributed by atoms with Crippen LogP contribution in [0.5, 0.6) is 0 Å². The number of nitrogens with two attached hydrogens (primary N) is 3. The fourth-order valence-corrected chi connectivity index (χ4v) is 9.25. The topological polar surface area (TPSA) is 228 Å². The quantitative estimate of drug-likeness (QED) is 0.131. The van der Waals surface area contributed by atoms with Gasteiger partial charge in [-0.3, -0.25) is 9.97 Å². The summed E-state index contributed by atoms with van der Waals surface area (Å²) in [6.45, 7) is 8.26. The number of aryl methyl sites for hydroxylation is 2. The predicted molar refractivity (Wildman–Crippen MR) is 234 cm³/mol. The van der Waals surface area contributed by atoms with Gasteiger partial charge in [-0.25, -0.2) is 28.7 Å². The van der Waals surface area contributed by atoms with Crippen molar-refractivity contribution in [2.24, 2.45) is 5.73 Å². The SMILES string of the molecule is CC(C)c1cnn2c(Cl)nc(-c3cncc(F)c3)nc12.CC(C)c1cnn2c(N[C@H]3CCc4nc(N)sc4C3)nc(-c3cncc(F)c3)nc12.Nc1nc2c(s1)C[C@@H](N)CC2. The van der Waals surface area contributed by atoms with Crippen molar-refractivity contribution < 1.29 is 8.78 Å². The molecule has 8 heterocycles. The highest BCUT2D eigenvalue weighted by molar-refractivity contribution is 7.15. The summed E-state index contributed by atoms with van der Waals surface area (Å²) >= 11 is 9.23. The number of hydrogen-bond acceptors (Lipinski definition) is 16. The van der Waals surface area contributed by atoms with Crippen molar-refractivity contribution in [2.75, 3.05) is 16.8 Å². The van der Waals surface area contributed by atoms with Gasteiger partial charge in [-0.15, -0.1) is 22.7 Å². The number of fused-ring (bicyclic) bond motifs is 4. The van der Waals surface area contributed by atoms with Gasteiger partial charge in [0.2, 0.25) is 11.2 Å². The monoisotopic (exact) mass is 884 g/mol. The number of thiazole rings is 2. The van der Waals surface area contributed by atoms with E-state index in [9.17, 15) is 8.78 Å². The first-order chi connectivity index (χ1) is 29.3. The molecule has 0 saturated heterocycles. The third kappa shape index (κ3) is 9.26. The molecule has 0 spiro atoms. The summed E-state index contributed by atoms with van der Waals surface area (Å²) in [5.74, 6) is 0.940. The molecule has 7 N–H and O–H groups in total. The van der Waals surface area contributed by atoms with Gasteiger partial charge in [0.1, 0.15) is 11.6 Å². The van der Waals surface area contributed by atoms with E-state index in [2.05, 4.69) is 69.2 Å². The summed E-state index contributed by atoms with van der Waals surface area (Å²) in [5.41, 5.74) is 23.8. The van der Waals surface area contributed by atoms with Crippen LogP contribution in [0.3, 0.4) is 0 Å². The second kappa shape index (κ2) is 17.6. The van der Waals surface area contributed by atoms with Crippen molar-refractivity contribution in [1.29, 1.82) is 0 Å². The summed E-state index contributed by atoms with van der Waals surface area (Å²) in [6.07, 6.45) is 14.5. The van der Waals surface area contributed by atoms with Gasteiger partial charge >= 0.3 is 0 Å². The zero-order chi connectivity index (χ0) is 42.9. The first kappa shape index (κ1) is 41.9. The molecule has 61 heavy (non-hydrogen) atoms. The molecule has 316 valence electrons. The molecule has 16 nitrogen and oxygen atoms in total. The fourth-order valence-electron chi connectivity index (χ4n) is 7.11. The summed E-state index contributed by atoms with van der Waals surface area (Å²) < 4.78 is 30.2. The lowest BCUT2D eigenvalue weighted by atomic mass is 9.98. The minimum Gasteiger partial charge on any atom is -0.375 e. The average molecular weight is 885 g/mol. The third-order valence-corrected chi connectivity index (χ3v) is 12.3. The Morgan fingerprint density at radius 1 is 0.689 bits per heavy atom. The lowest BCUT2D eigenvalue weighted by molar-refractivity contribution is 0.576. The third-order valence-electron chi connectivity index (χ3n) is 10.2.